The Balaban J connectivity index is 1.81. The van der Waals surface area contributed by atoms with E-state index in [-0.39, 0.29) is 36.8 Å². The van der Waals surface area contributed by atoms with Crippen LogP contribution in [0.2, 0.25) is 0 Å². The largest absolute Gasteiger partial charge is 0.395 e. The summed E-state index contributed by atoms with van der Waals surface area (Å²) in [6, 6.07) is 0. The zero-order valence-electron chi connectivity index (χ0n) is 23.3. The number of nitrogens with zero attached hydrogens (tertiary/aromatic N) is 4. The van der Waals surface area contributed by atoms with Crippen molar-refractivity contribution in [3.8, 4) is 0 Å². The number of amides is 4. The van der Waals surface area contributed by atoms with E-state index in [1.54, 1.807) is 9.80 Å². The maximum atomic E-state index is 13.1. The van der Waals surface area contributed by atoms with Crippen LogP contribution in [-0.4, -0.2) is 115 Å². The van der Waals surface area contributed by atoms with Gasteiger partial charge in [-0.3, -0.25) is 29.0 Å². The second-order valence-corrected chi connectivity index (χ2v) is 12.6. The number of hydrogen-bond acceptors (Lipinski definition) is 10. The minimum absolute atomic E-state index is 0.0128. The Bertz CT molecular complexity index is 916. The van der Waals surface area contributed by atoms with Gasteiger partial charge in [-0.25, -0.2) is 0 Å². The van der Waals surface area contributed by atoms with E-state index >= 15 is 0 Å². The first-order chi connectivity index (χ1) is 19.2. The molecule has 40 heavy (non-hydrogen) atoms. The minimum Gasteiger partial charge on any atom is -0.395 e. The van der Waals surface area contributed by atoms with E-state index < -0.39 is 0 Å². The van der Waals surface area contributed by atoms with Crippen LogP contribution < -0.4 is 0 Å². The molecule has 14 heteroatoms. The monoisotopic (exact) mass is 632 g/mol. The number of unbranched alkanes of at least 4 members (excludes halogenated alkanes) is 4. The molecule has 0 atom stereocenters. The Morgan fingerprint density at radius 1 is 0.700 bits per heavy atom. The lowest BCUT2D eigenvalue weighted by molar-refractivity contribution is -0.132. The third-order valence-electron chi connectivity index (χ3n) is 6.66. The summed E-state index contributed by atoms with van der Waals surface area (Å²) >= 11 is 13.1. The van der Waals surface area contributed by atoms with Gasteiger partial charge in [0.05, 0.1) is 23.0 Å². The molecule has 4 amide bonds. The molecule has 0 spiro atoms. The highest BCUT2D eigenvalue weighted by molar-refractivity contribution is 8.29. The molecule has 0 aliphatic carbocycles. The molecule has 2 N–H and O–H groups in total. The molecule has 224 valence electrons. The van der Waals surface area contributed by atoms with E-state index in [0.29, 0.717) is 96.2 Å². The van der Waals surface area contributed by atoms with Crippen molar-refractivity contribution in [3.63, 3.8) is 0 Å². The zero-order valence-corrected chi connectivity index (χ0v) is 26.5. The highest BCUT2D eigenvalue weighted by Gasteiger charge is 2.41. The van der Waals surface area contributed by atoms with Gasteiger partial charge in [-0.2, -0.15) is 0 Å². The molecule has 2 fully saturated rings. The molecule has 2 heterocycles. The third kappa shape index (κ3) is 9.76. The van der Waals surface area contributed by atoms with Crippen LogP contribution in [0.15, 0.2) is 9.81 Å². The first-order valence-corrected chi connectivity index (χ1v) is 16.2. The molecule has 0 radical (unpaired) electrons. The number of rotatable bonds is 18. The Hall–Kier alpha value is -1.58. The van der Waals surface area contributed by atoms with Crippen molar-refractivity contribution in [1.82, 2.24) is 19.6 Å². The molecule has 0 saturated carbocycles. The van der Waals surface area contributed by atoms with Crippen LogP contribution in [-0.2, 0) is 19.2 Å². The van der Waals surface area contributed by atoms with Crippen LogP contribution in [0.5, 0.6) is 0 Å². The van der Waals surface area contributed by atoms with E-state index in [1.807, 2.05) is 13.8 Å². The lowest BCUT2D eigenvalue weighted by Gasteiger charge is -2.19. The minimum atomic E-state index is -0.284. The van der Waals surface area contributed by atoms with Crippen molar-refractivity contribution in [2.45, 2.75) is 65.2 Å². The van der Waals surface area contributed by atoms with Crippen molar-refractivity contribution < 1.29 is 29.4 Å². The maximum absolute atomic E-state index is 13.1. The maximum Gasteiger partial charge on any atom is 0.267 e. The molecule has 2 saturated heterocycles. The third-order valence-corrected chi connectivity index (χ3v) is 9.68. The van der Waals surface area contributed by atoms with Crippen molar-refractivity contribution in [3.05, 3.63) is 9.81 Å². The summed E-state index contributed by atoms with van der Waals surface area (Å²) < 4.78 is 0.821. The van der Waals surface area contributed by atoms with Crippen LogP contribution in [0, 0.1) is 0 Å². The molecular formula is C26H40N4O6S4. The Morgan fingerprint density at radius 3 is 1.40 bits per heavy atom. The second kappa shape index (κ2) is 18.1. The summed E-state index contributed by atoms with van der Waals surface area (Å²) in [5.41, 5.74) is 0. The van der Waals surface area contributed by atoms with Crippen molar-refractivity contribution in [1.29, 1.82) is 0 Å². The van der Waals surface area contributed by atoms with Gasteiger partial charge >= 0.3 is 0 Å². The smallest absolute Gasteiger partial charge is 0.267 e. The van der Waals surface area contributed by atoms with Gasteiger partial charge in [0.25, 0.3) is 11.8 Å². The van der Waals surface area contributed by atoms with Crippen molar-refractivity contribution >= 4 is 80.2 Å². The molecule has 2 aliphatic heterocycles. The van der Waals surface area contributed by atoms with Crippen LogP contribution in [0.4, 0.5) is 0 Å². The van der Waals surface area contributed by atoms with E-state index in [9.17, 15) is 19.2 Å². The number of carbonyl (C=O) groups excluding carboxylic acids is 4. The average Bonchev–Trinajstić information content (AvgIpc) is 3.38. The first-order valence-electron chi connectivity index (χ1n) is 13.8. The summed E-state index contributed by atoms with van der Waals surface area (Å²) in [7, 11) is 0. The van der Waals surface area contributed by atoms with Crippen molar-refractivity contribution in [2.24, 2.45) is 0 Å². The molecule has 2 rings (SSSR count). The van der Waals surface area contributed by atoms with Crippen LogP contribution in [0.3, 0.4) is 0 Å². The van der Waals surface area contributed by atoms with Crippen LogP contribution >= 0.6 is 48.0 Å². The number of thioether (sulfide) groups is 2. The van der Waals surface area contributed by atoms with Gasteiger partial charge in [-0.15, -0.1) is 0 Å². The fourth-order valence-corrected chi connectivity index (χ4v) is 7.15. The second-order valence-electron chi connectivity index (χ2n) is 9.32. The van der Waals surface area contributed by atoms with Gasteiger partial charge in [0.1, 0.15) is 8.64 Å². The quantitative estimate of drug-likeness (QED) is 0.133. The molecule has 0 unspecified atom stereocenters. The van der Waals surface area contributed by atoms with Crippen LogP contribution in [0.25, 0.3) is 0 Å². The highest BCUT2D eigenvalue weighted by Crippen LogP contribution is 2.42. The highest BCUT2D eigenvalue weighted by atomic mass is 32.2. The standard InChI is InChI=1S/C26H40N4O6S4/c1-3-27(15-17-31)19(33)11-7-5-9-13-29-23(35)21(39-25(29)37)22-24(36)30(26(38)40-22)14-10-6-8-12-20(34)28(4-2)16-18-32/h31-32H,3-18H2,1-2H3/b22-21+. The van der Waals surface area contributed by atoms with Gasteiger partial charge in [0.2, 0.25) is 11.8 Å². The summed E-state index contributed by atoms with van der Waals surface area (Å²) in [4.78, 5) is 57.5. The van der Waals surface area contributed by atoms with Crippen LogP contribution in [0.1, 0.15) is 65.2 Å². The number of likely N-dealkylation sites (N-methyl/N-ethyl adjacent to an activating group) is 2. The Morgan fingerprint density at radius 2 is 1.07 bits per heavy atom. The molecule has 10 nitrogen and oxygen atoms in total. The van der Waals surface area contributed by atoms with Gasteiger partial charge in [0.15, 0.2) is 0 Å². The predicted octanol–water partition coefficient (Wildman–Crippen LogP) is 2.72. The molecule has 0 aromatic rings. The number of aliphatic hydroxyl groups excluding tert-OH is 2. The topological polar surface area (TPSA) is 122 Å². The fourth-order valence-electron chi connectivity index (χ4n) is 4.38. The number of hydrogen-bond donors (Lipinski definition) is 2. The number of aliphatic hydroxyl groups is 2. The molecule has 0 aromatic carbocycles. The lowest BCUT2D eigenvalue weighted by Crippen LogP contribution is -2.33. The summed E-state index contributed by atoms with van der Waals surface area (Å²) in [6.07, 6.45) is 5.01. The van der Waals surface area contributed by atoms with E-state index in [2.05, 4.69) is 0 Å². The van der Waals surface area contributed by atoms with Gasteiger partial charge in [-0.1, -0.05) is 60.8 Å². The zero-order chi connectivity index (χ0) is 29.7. The molecular weight excluding hydrogens is 593 g/mol. The SMILES string of the molecule is CCN(CCO)C(=O)CCCCCN1C(=O)/C(=C2\SC(=S)N(CCCCCC(=O)N(CC)CCO)C2=O)SC1=S. The van der Waals surface area contributed by atoms with E-state index in [4.69, 9.17) is 34.6 Å². The predicted molar refractivity (Wildman–Crippen MR) is 166 cm³/mol. The molecule has 2 aliphatic rings. The summed E-state index contributed by atoms with van der Waals surface area (Å²) in [5.74, 6) is -0.542. The molecule has 0 bridgehead atoms. The normalized spacial score (nSPS) is 17.4. The Labute approximate surface area is 255 Å². The number of carbonyl (C=O) groups is 4. The van der Waals surface area contributed by atoms with Gasteiger partial charge in [0, 0.05) is 52.1 Å². The fraction of sp³-hybridized carbons (Fsp3) is 0.692. The molecule has 0 aromatic heterocycles. The average molecular weight is 633 g/mol. The first kappa shape index (κ1) is 34.6. The number of thiocarbonyl (C=S) groups is 2. The van der Waals surface area contributed by atoms with Crippen molar-refractivity contribution in [2.75, 3.05) is 52.5 Å². The van der Waals surface area contributed by atoms with E-state index in [0.717, 1.165) is 36.4 Å². The summed E-state index contributed by atoms with van der Waals surface area (Å²) in [5, 5.41) is 18.1. The Kier molecular flexibility index (Phi) is 15.6. The summed E-state index contributed by atoms with van der Waals surface area (Å²) in [6.45, 7) is 6.28. The van der Waals surface area contributed by atoms with E-state index in [1.165, 1.54) is 9.80 Å². The van der Waals surface area contributed by atoms with Gasteiger partial charge < -0.3 is 20.0 Å². The van der Waals surface area contributed by atoms with Gasteiger partial charge in [-0.05, 0) is 39.5 Å². The lowest BCUT2D eigenvalue weighted by atomic mass is 10.1.